The number of benzene rings is 1. The van der Waals surface area contributed by atoms with Gasteiger partial charge in [0.15, 0.2) is 0 Å². The summed E-state index contributed by atoms with van der Waals surface area (Å²) < 4.78 is 74.2. The molecule has 0 N–H and O–H groups in total. The van der Waals surface area contributed by atoms with Gasteiger partial charge in [0.05, 0.1) is 24.0 Å². The lowest BCUT2D eigenvalue weighted by molar-refractivity contribution is -0.137. The summed E-state index contributed by atoms with van der Waals surface area (Å²) >= 11 is 0.740. The summed E-state index contributed by atoms with van der Waals surface area (Å²) in [6.07, 6.45) is -4.17. The second kappa shape index (κ2) is 8.11. The molecule has 28 heavy (non-hydrogen) atoms. The van der Waals surface area contributed by atoms with E-state index in [-0.39, 0.29) is 12.4 Å². The highest BCUT2D eigenvalue weighted by Gasteiger charge is 2.41. The van der Waals surface area contributed by atoms with E-state index in [1.54, 1.807) is 20.8 Å². The van der Waals surface area contributed by atoms with Crippen LogP contribution in [0.5, 0.6) is 0 Å². The molecule has 0 unspecified atom stereocenters. The zero-order chi connectivity index (χ0) is 21.3. The van der Waals surface area contributed by atoms with E-state index >= 15 is 0 Å². The van der Waals surface area contributed by atoms with Crippen LogP contribution in [0, 0.1) is 0 Å². The smallest absolute Gasteiger partial charge is 0.422 e. The SMILES string of the molecule is CC(C)(C)OC(=O)N1SOC[C@H]1[C@H](CS(C)(=O)=O)c1ccc(C(F)(F)F)cc1. The highest BCUT2D eigenvalue weighted by atomic mass is 32.2. The first kappa shape index (κ1) is 22.8. The number of ether oxygens (including phenoxy) is 1. The van der Waals surface area contributed by atoms with Gasteiger partial charge in [0.1, 0.15) is 27.7 Å². The molecule has 1 aromatic carbocycles. The summed E-state index contributed by atoms with van der Waals surface area (Å²) in [6.45, 7) is 5.08. The van der Waals surface area contributed by atoms with Crippen molar-refractivity contribution in [1.82, 2.24) is 4.31 Å². The molecule has 1 aliphatic rings. The molecule has 0 bridgehead atoms. The average Bonchev–Trinajstić information content (AvgIpc) is 2.99. The fraction of sp³-hybridized carbons (Fsp3) is 0.588. The maximum Gasteiger partial charge on any atom is 0.422 e. The van der Waals surface area contributed by atoms with Crippen LogP contribution >= 0.6 is 12.2 Å². The Labute approximate surface area is 166 Å². The molecule has 2 atom stereocenters. The Kier molecular flexibility index (Phi) is 6.61. The van der Waals surface area contributed by atoms with Crippen LogP contribution in [0.15, 0.2) is 24.3 Å². The Balaban J connectivity index is 2.36. The third kappa shape index (κ3) is 6.28. The minimum atomic E-state index is -4.50. The lowest BCUT2D eigenvalue weighted by atomic mass is 9.92. The summed E-state index contributed by atoms with van der Waals surface area (Å²) in [6, 6.07) is 3.53. The van der Waals surface area contributed by atoms with Gasteiger partial charge in [0.25, 0.3) is 0 Å². The van der Waals surface area contributed by atoms with Gasteiger partial charge in [-0.1, -0.05) is 12.1 Å². The Bertz CT molecular complexity index is 804. The molecule has 0 spiro atoms. The average molecular weight is 441 g/mol. The Morgan fingerprint density at radius 1 is 1.29 bits per heavy atom. The fourth-order valence-electron chi connectivity index (χ4n) is 2.71. The van der Waals surface area contributed by atoms with Crippen molar-refractivity contribution >= 4 is 28.2 Å². The Morgan fingerprint density at radius 3 is 2.32 bits per heavy atom. The van der Waals surface area contributed by atoms with Crippen molar-refractivity contribution in [2.75, 3.05) is 18.6 Å². The number of carbonyl (C=O) groups excluding carboxylic acids is 1. The third-order valence-electron chi connectivity index (χ3n) is 3.86. The predicted molar refractivity (Wildman–Crippen MR) is 99.3 cm³/mol. The quantitative estimate of drug-likeness (QED) is 0.519. The van der Waals surface area contributed by atoms with Crippen LogP contribution in [0.25, 0.3) is 0 Å². The summed E-state index contributed by atoms with van der Waals surface area (Å²) in [5.41, 5.74) is -1.25. The molecule has 1 amide bonds. The molecular weight excluding hydrogens is 419 g/mol. The monoisotopic (exact) mass is 441 g/mol. The molecule has 0 saturated carbocycles. The number of sulfone groups is 1. The van der Waals surface area contributed by atoms with Gasteiger partial charge in [-0.15, -0.1) is 0 Å². The molecule has 0 aliphatic carbocycles. The lowest BCUT2D eigenvalue weighted by Gasteiger charge is -2.30. The highest BCUT2D eigenvalue weighted by Crippen LogP contribution is 2.37. The molecule has 1 saturated heterocycles. The Hall–Kier alpha value is -1.46. The van der Waals surface area contributed by atoms with Gasteiger partial charge in [-0.3, -0.25) is 4.18 Å². The number of amides is 1. The van der Waals surface area contributed by atoms with E-state index in [9.17, 15) is 26.4 Å². The molecule has 1 heterocycles. The second-order valence-corrected chi connectivity index (χ2v) is 10.5. The van der Waals surface area contributed by atoms with Crippen LogP contribution in [-0.2, 0) is 24.9 Å². The van der Waals surface area contributed by atoms with Crippen LogP contribution in [0.1, 0.15) is 37.8 Å². The van der Waals surface area contributed by atoms with Crippen LogP contribution in [0.3, 0.4) is 0 Å². The normalized spacial score (nSPS) is 19.5. The maximum absolute atomic E-state index is 12.8. The van der Waals surface area contributed by atoms with E-state index in [0.717, 1.165) is 30.6 Å². The first-order valence-corrected chi connectivity index (χ1v) is 11.1. The predicted octanol–water partition coefficient (Wildman–Crippen LogP) is 4.03. The first-order chi connectivity index (χ1) is 12.7. The van der Waals surface area contributed by atoms with Gasteiger partial charge in [0.2, 0.25) is 0 Å². The molecule has 1 aromatic rings. The molecule has 11 heteroatoms. The Morgan fingerprint density at radius 2 is 1.86 bits per heavy atom. The number of rotatable bonds is 4. The molecular formula is C17H22F3NO5S2. The maximum atomic E-state index is 12.8. The van der Waals surface area contributed by atoms with Crippen LogP contribution in [0.4, 0.5) is 18.0 Å². The second-order valence-electron chi connectivity index (χ2n) is 7.55. The van der Waals surface area contributed by atoms with Crippen molar-refractivity contribution in [3.05, 3.63) is 35.4 Å². The van der Waals surface area contributed by atoms with Crippen molar-refractivity contribution in [3.63, 3.8) is 0 Å². The minimum absolute atomic E-state index is 0.0190. The number of carbonyl (C=O) groups is 1. The molecule has 0 aromatic heterocycles. The number of hydrogen-bond donors (Lipinski definition) is 0. The number of nitrogens with zero attached hydrogens (tertiary/aromatic N) is 1. The van der Waals surface area contributed by atoms with E-state index in [4.69, 9.17) is 8.92 Å². The molecule has 1 fully saturated rings. The number of halogens is 3. The summed E-state index contributed by atoms with van der Waals surface area (Å²) in [5.74, 6) is -1.13. The van der Waals surface area contributed by atoms with E-state index in [1.807, 2.05) is 0 Å². The minimum Gasteiger partial charge on any atom is -0.443 e. The summed E-state index contributed by atoms with van der Waals surface area (Å²) in [7, 11) is -3.50. The molecule has 0 radical (unpaired) electrons. The summed E-state index contributed by atoms with van der Waals surface area (Å²) in [5, 5.41) is 0. The van der Waals surface area contributed by atoms with Gasteiger partial charge >= 0.3 is 12.3 Å². The molecule has 6 nitrogen and oxygen atoms in total. The number of alkyl halides is 3. The van der Waals surface area contributed by atoms with Gasteiger partial charge in [-0.2, -0.15) is 13.2 Å². The van der Waals surface area contributed by atoms with Crippen molar-refractivity contribution in [2.45, 2.75) is 44.5 Å². The van der Waals surface area contributed by atoms with E-state index in [2.05, 4.69) is 0 Å². The van der Waals surface area contributed by atoms with E-state index < -0.39 is 45.2 Å². The van der Waals surface area contributed by atoms with Gasteiger partial charge in [0, 0.05) is 12.2 Å². The first-order valence-electron chi connectivity index (χ1n) is 8.34. The summed E-state index contributed by atoms with van der Waals surface area (Å²) in [4.78, 5) is 12.5. The van der Waals surface area contributed by atoms with Crippen LogP contribution in [-0.4, -0.2) is 49.1 Å². The number of hydrogen-bond acceptors (Lipinski definition) is 6. The topological polar surface area (TPSA) is 72.9 Å². The van der Waals surface area contributed by atoms with Crippen molar-refractivity contribution in [2.24, 2.45) is 0 Å². The van der Waals surface area contributed by atoms with Gasteiger partial charge < -0.3 is 4.74 Å². The standard InChI is InChI=1S/C17H22F3NO5S2/c1-16(2,3)26-15(22)21-14(9-25-27-21)13(10-28(4,23)24)11-5-7-12(8-6-11)17(18,19)20/h5-8,13-14H,9-10H2,1-4H3/t13-,14+/m1/s1. The van der Waals surface area contributed by atoms with Crippen molar-refractivity contribution < 1.29 is 35.3 Å². The third-order valence-corrected chi connectivity index (χ3v) is 5.65. The van der Waals surface area contributed by atoms with Crippen molar-refractivity contribution in [3.8, 4) is 0 Å². The molecule has 1 aliphatic heterocycles. The van der Waals surface area contributed by atoms with E-state index in [1.165, 1.54) is 16.4 Å². The van der Waals surface area contributed by atoms with Gasteiger partial charge in [-0.05, 0) is 38.5 Å². The molecule has 158 valence electrons. The fourth-order valence-corrected chi connectivity index (χ4v) is 4.50. The zero-order valence-electron chi connectivity index (χ0n) is 15.8. The van der Waals surface area contributed by atoms with E-state index in [0.29, 0.717) is 5.56 Å². The van der Waals surface area contributed by atoms with Crippen LogP contribution in [0.2, 0.25) is 0 Å². The largest absolute Gasteiger partial charge is 0.443 e. The lowest BCUT2D eigenvalue weighted by Crippen LogP contribution is -2.42. The van der Waals surface area contributed by atoms with Crippen LogP contribution < -0.4 is 0 Å². The van der Waals surface area contributed by atoms with Crippen molar-refractivity contribution in [1.29, 1.82) is 0 Å². The molecule has 2 rings (SSSR count). The zero-order valence-corrected chi connectivity index (χ0v) is 17.5. The van der Waals surface area contributed by atoms with Gasteiger partial charge in [-0.25, -0.2) is 17.5 Å². The highest BCUT2D eigenvalue weighted by molar-refractivity contribution is 7.93.